The van der Waals surface area contributed by atoms with Gasteiger partial charge in [-0.2, -0.15) is 0 Å². The first-order chi connectivity index (χ1) is 46.5. The maximum Gasteiger partial charge on any atom is 0.472 e. The van der Waals surface area contributed by atoms with Crippen LogP contribution in [-0.2, 0) is 65.4 Å². The predicted molar refractivity (Wildman–Crippen MR) is 391 cm³/mol. The van der Waals surface area contributed by atoms with E-state index in [-0.39, 0.29) is 25.7 Å². The molecule has 0 saturated heterocycles. The van der Waals surface area contributed by atoms with E-state index in [2.05, 4.69) is 34.6 Å². The first kappa shape index (κ1) is 94.1. The Labute approximate surface area is 588 Å². The zero-order valence-electron chi connectivity index (χ0n) is 62.5. The number of aliphatic hydroxyl groups is 1. The molecule has 0 aromatic heterocycles. The highest BCUT2D eigenvalue weighted by Gasteiger charge is 2.30. The largest absolute Gasteiger partial charge is 0.472 e. The van der Waals surface area contributed by atoms with Gasteiger partial charge in [-0.25, -0.2) is 9.13 Å². The van der Waals surface area contributed by atoms with Gasteiger partial charge >= 0.3 is 39.5 Å². The van der Waals surface area contributed by atoms with Crippen LogP contribution in [0.2, 0.25) is 0 Å². The average molecular weight is 1410 g/mol. The molecule has 0 heterocycles. The lowest BCUT2D eigenvalue weighted by Crippen LogP contribution is -2.30. The number of carbonyl (C=O) groups excluding carboxylic acids is 4. The Hall–Kier alpha value is -1.94. The first-order valence-electron chi connectivity index (χ1n) is 40.1. The number of phosphoric ester groups is 2. The standard InChI is InChI=1S/C77H150O17P2/c1-6-9-12-15-17-19-21-23-25-27-29-30-31-33-35-37-39-41-43-47-52-57-62-76(81)94-73(67-88-75(80)61-56-51-46-42-40-38-36-34-32-28-26-24-22-20-18-16-13-10-7-2)69-92-96(85,86)90-65-71(78)64-89-95(83,84)91-68-72(66-87-74(79)60-55-49-14-11-8-3)93-77(82)63-58-53-48-44-45-50-54-59-70(4)5/h70-73,78H,6-69H2,1-5H3,(H,83,84)(H,85,86)/t71-,72+,73+/m0/s1. The molecule has 0 saturated carbocycles. The minimum Gasteiger partial charge on any atom is -0.462 e. The Morgan fingerprint density at radius 3 is 0.708 bits per heavy atom. The van der Waals surface area contributed by atoms with Gasteiger partial charge in [-0.05, 0) is 31.6 Å². The van der Waals surface area contributed by atoms with Crippen LogP contribution in [0.1, 0.15) is 407 Å². The molecule has 5 atom stereocenters. The summed E-state index contributed by atoms with van der Waals surface area (Å²) < 4.78 is 68.2. The third-order valence-corrected chi connectivity index (χ3v) is 19.9. The van der Waals surface area contributed by atoms with Gasteiger partial charge in [0.15, 0.2) is 12.2 Å². The molecule has 0 rings (SSSR count). The topological polar surface area (TPSA) is 237 Å². The highest BCUT2D eigenvalue weighted by molar-refractivity contribution is 7.47. The fourth-order valence-corrected chi connectivity index (χ4v) is 13.5. The van der Waals surface area contributed by atoms with Crippen molar-refractivity contribution in [1.29, 1.82) is 0 Å². The Kier molecular flexibility index (Phi) is 68.7. The van der Waals surface area contributed by atoms with E-state index >= 15 is 0 Å². The van der Waals surface area contributed by atoms with Gasteiger partial charge in [-0.3, -0.25) is 37.3 Å². The van der Waals surface area contributed by atoms with Gasteiger partial charge in [0, 0.05) is 25.7 Å². The van der Waals surface area contributed by atoms with E-state index in [9.17, 15) is 43.2 Å². The first-order valence-corrected chi connectivity index (χ1v) is 43.1. The Balaban J connectivity index is 5.09. The molecule has 0 amide bonds. The van der Waals surface area contributed by atoms with E-state index in [1.165, 1.54) is 225 Å². The smallest absolute Gasteiger partial charge is 0.462 e. The summed E-state index contributed by atoms with van der Waals surface area (Å²) in [6, 6.07) is 0. The fraction of sp³-hybridized carbons (Fsp3) is 0.948. The van der Waals surface area contributed by atoms with Crippen molar-refractivity contribution in [1.82, 2.24) is 0 Å². The zero-order valence-corrected chi connectivity index (χ0v) is 64.3. The van der Waals surface area contributed by atoms with E-state index < -0.39 is 97.5 Å². The normalized spacial score (nSPS) is 13.9. The van der Waals surface area contributed by atoms with Gasteiger partial charge in [0.05, 0.1) is 26.4 Å². The lowest BCUT2D eigenvalue weighted by Gasteiger charge is -2.21. The lowest BCUT2D eigenvalue weighted by molar-refractivity contribution is -0.161. The molecule has 0 aromatic carbocycles. The van der Waals surface area contributed by atoms with Gasteiger partial charge in [0.1, 0.15) is 19.3 Å². The molecule has 0 bridgehead atoms. The van der Waals surface area contributed by atoms with E-state index in [0.717, 1.165) is 96.3 Å². The average Bonchev–Trinajstić information content (AvgIpc) is 1.54. The maximum atomic E-state index is 13.1. The monoisotopic (exact) mass is 1410 g/mol. The van der Waals surface area contributed by atoms with Crippen molar-refractivity contribution in [2.24, 2.45) is 5.92 Å². The molecule has 0 aliphatic heterocycles. The number of aliphatic hydroxyl groups excluding tert-OH is 1. The summed E-state index contributed by atoms with van der Waals surface area (Å²) in [6.07, 6.45) is 60.5. The number of rotatable bonds is 77. The van der Waals surface area contributed by atoms with E-state index in [0.29, 0.717) is 31.6 Å². The van der Waals surface area contributed by atoms with E-state index in [1.807, 2.05) is 0 Å². The summed E-state index contributed by atoms with van der Waals surface area (Å²) in [5.41, 5.74) is 0. The molecule has 0 fully saturated rings. The molecule has 570 valence electrons. The van der Waals surface area contributed by atoms with Crippen LogP contribution in [-0.4, -0.2) is 96.7 Å². The van der Waals surface area contributed by atoms with Crippen LogP contribution in [0.4, 0.5) is 0 Å². The number of unbranched alkanes of at least 4 members (excludes halogenated alkanes) is 49. The number of hydrogen-bond acceptors (Lipinski definition) is 15. The summed E-state index contributed by atoms with van der Waals surface area (Å²) in [5.74, 6) is -1.43. The number of ether oxygens (including phenoxy) is 4. The lowest BCUT2D eigenvalue weighted by atomic mass is 10.0. The molecule has 0 aliphatic rings. The highest BCUT2D eigenvalue weighted by atomic mass is 31.2. The molecule has 0 aliphatic carbocycles. The second-order valence-corrected chi connectivity index (χ2v) is 31.1. The molecule has 2 unspecified atom stereocenters. The number of esters is 4. The van der Waals surface area contributed by atoms with Crippen LogP contribution in [0.3, 0.4) is 0 Å². The third-order valence-electron chi connectivity index (χ3n) is 18.0. The van der Waals surface area contributed by atoms with E-state index in [1.54, 1.807) is 0 Å². The summed E-state index contributed by atoms with van der Waals surface area (Å²) in [5, 5.41) is 10.6. The van der Waals surface area contributed by atoms with Crippen molar-refractivity contribution >= 4 is 39.5 Å². The van der Waals surface area contributed by atoms with Crippen LogP contribution < -0.4 is 0 Å². The van der Waals surface area contributed by atoms with Crippen molar-refractivity contribution in [3.63, 3.8) is 0 Å². The Morgan fingerprint density at radius 2 is 0.479 bits per heavy atom. The molecular weight excluding hydrogens is 1260 g/mol. The van der Waals surface area contributed by atoms with Gasteiger partial charge in [0.2, 0.25) is 0 Å². The second-order valence-electron chi connectivity index (χ2n) is 28.2. The summed E-state index contributed by atoms with van der Waals surface area (Å²) in [6.45, 7) is 7.13. The molecule has 0 spiro atoms. The van der Waals surface area contributed by atoms with Gasteiger partial charge in [-0.1, -0.05) is 356 Å². The SMILES string of the molecule is CCCCCCCCCCCCCCCCCCCCCCCCC(=O)O[C@H](COC(=O)CCCCCCCCCCCCCCCCCCCCC)COP(=O)(O)OC[C@@H](O)COP(=O)(O)OC[C@@H](COC(=O)CCCCCCC)OC(=O)CCCCCCCCCC(C)C. The van der Waals surface area contributed by atoms with Crippen molar-refractivity contribution < 1.29 is 80.2 Å². The van der Waals surface area contributed by atoms with Crippen molar-refractivity contribution in [3.8, 4) is 0 Å². The minimum absolute atomic E-state index is 0.103. The fourth-order valence-electron chi connectivity index (χ4n) is 11.9. The van der Waals surface area contributed by atoms with Crippen LogP contribution in [0.15, 0.2) is 0 Å². The van der Waals surface area contributed by atoms with Crippen molar-refractivity contribution in [3.05, 3.63) is 0 Å². The molecule has 96 heavy (non-hydrogen) atoms. The van der Waals surface area contributed by atoms with Crippen LogP contribution in [0, 0.1) is 5.92 Å². The molecule has 3 N–H and O–H groups in total. The maximum absolute atomic E-state index is 13.1. The summed E-state index contributed by atoms with van der Waals surface area (Å²) >= 11 is 0. The van der Waals surface area contributed by atoms with E-state index in [4.69, 9.17) is 37.0 Å². The summed E-state index contributed by atoms with van der Waals surface area (Å²) in [7, 11) is -9.90. The zero-order chi connectivity index (χ0) is 70.5. The molecular formula is C77H150O17P2. The van der Waals surface area contributed by atoms with Crippen LogP contribution in [0.25, 0.3) is 0 Å². The number of hydrogen-bond donors (Lipinski definition) is 3. The molecule has 0 aromatic rings. The Morgan fingerprint density at radius 1 is 0.281 bits per heavy atom. The van der Waals surface area contributed by atoms with Crippen LogP contribution in [0.5, 0.6) is 0 Å². The third kappa shape index (κ3) is 70.5. The minimum atomic E-state index is -4.96. The predicted octanol–water partition coefficient (Wildman–Crippen LogP) is 22.9. The van der Waals surface area contributed by atoms with Crippen molar-refractivity contribution in [2.45, 2.75) is 425 Å². The number of carbonyl (C=O) groups is 4. The summed E-state index contributed by atoms with van der Waals surface area (Å²) in [4.78, 5) is 72.5. The quantitative estimate of drug-likeness (QED) is 0.0222. The Bertz CT molecular complexity index is 1840. The van der Waals surface area contributed by atoms with Crippen LogP contribution >= 0.6 is 15.6 Å². The van der Waals surface area contributed by atoms with Gasteiger partial charge in [-0.15, -0.1) is 0 Å². The van der Waals surface area contributed by atoms with Crippen molar-refractivity contribution in [2.75, 3.05) is 39.6 Å². The molecule has 0 radical (unpaired) electrons. The van der Waals surface area contributed by atoms with Gasteiger partial charge in [0.25, 0.3) is 0 Å². The second kappa shape index (κ2) is 70.1. The molecule has 17 nitrogen and oxygen atoms in total. The number of phosphoric acid groups is 2. The highest BCUT2D eigenvalue weighted by Crippen LogP contribution is 2.45. The molecule has 19 heteroatoms. The van der Waals surface area contributed by atoms with Gasteiger partial charge < -0.3 is 33.8 Å².